The molecule has 5 nitrogen and oxygen atoms in total. The number of carboxylic acids is 1. The molecule has 0 fully saturated rings. The summed E-state index contributed by atoms with van der Waals surface area (Å²) in [6, 6.07) is 12.7. The summed E-state index contributed by atoms with van der Waals surface area (Å²) >= 11 is 6.86. The van der Waals surface area contributed by atoms with Crippen molar-refractivity contribution in [1.82, 2.24) is 4.98 Å². The average molecular weight is 431 g/mol. The summed E-state index contributed by atoms with van der Waals surface area (Å²) in [6.07, 6.45) is -4.65. The van der Waals surface area contributed by atoms with Gasteiger partial charge in [0.15, 0.2) is 0 Å². The van der Waals surface area contributed by atoms with Crippen LogP contribution >= 0.6 is 22.9 Å². The van der Waals surface area contributed by atoms with Crippen molar-refractivity contribution in [3.05, 3.63) is 69.5 Å². The van der Waals surface area contributed by atoms with Gasteiger partial charge in [-0.1, -0.05) is 35.9 Å². The van der Waals surface area contributed by atoms with E-state index in [1.54, 1.807) is 23.6 Å². The molecule has 0 aliphatic heterocycles. The Kier molecular flexibility index (Phi) is 7.38. The second kappa shape index (κ2) is 9.54. The molecular weight excluding hydrogens is 417 g/mol. The fourth-order valence-electron chi connectivity index (χ4n) is 1.99. The number of benzene rings is 2. The lowest BCUT2D eigenvalue weighted by Crippen LogP contribution is -2.17. The smallest absolute Gasteiger partial charge is 0.476 e. The van der Waals surface area contributed by atoms with Gasteiger partial charge in [0.05, 0.1) is 5.69 Å². The third-order valence-electron chi connectivity index (χ3n) is 3.19. The number of carbonyl (C=O) groups is 1. The minimum Gasteiger partial charge on any atom is -0.476 e. The van der Waals surface area contributed by atoms with Gasteiger partial charge in [-0.3, -0.25) is 0 Å². The van der Waals surface area contributed by atoms with Gasteiger partial charge in [0.1, 0.15) is 5.75 Å². The maximum Gasteiger partial charge on any atom is 0.573 e. The van der Waals surface area contributed by atoms with Crippen molar-refractivity contribution in [2.75, 3.05) is 0 Å². The van der Waals surface area contributed by atoms with Gasteiger partial charge in [0, 0.05) is 22.5 Å². The number of thiazole rings is 1. The molecule has 1 aromatic heterocycles. The van der Waals surface area contributed by atoms with E-state index < -0.39 is 12.3 Å². The zero-order chi connectivity index (χ0) is 20.7. The standard InChI is InChI=1S/C10H6ClNO2S.C8H8F3NO/c11-7-3-1-6(2-4-7)8-5-15-9(12-8)10(13)14;9-8(10,11)13-7-3-1-2-6(4-7)5-12/h1-5H,(H,13,14);1-4H,5,12H2. The average Bonchev–Trinajstić information content (AvgIpc) is 3.12. The normalized spacial score (nSPS) is 10.8. The molecule has 1 heterocycles. The molecule has 0 aliphatic carbocycles. The van der Waals surface area contributed by atoms with E-state index in [0.29, 0.717) is 16.3 Å². The summed E-state index contributed by atoms with van der Waals surface area (Å²) < 4.78 is 38.9. The van der Waals surface area contributed by atoms with Crippen molar-refractivity contribution >= 4 is 28.9 Å². The molecule has 2 aromatic carbocycles. The molecule has 0 aliphatic rings. The van der Waals surface area contributed by atoms with E-state index in [1.165, 1.54) is 18.2 Å². The van der Waals surface area contributed by atoms with Crippen molar-refractivity contribution < 1.29 is 27.8 Å². The zero-order valence-corrected chi connectivity index (χ0v) is 15.7. The number of hydrogen-bond donors (Lipinski definition) is 2. The van der Waals surface area contributed by atoms with E-state index in [2.05, 4.69) is 9.72 Å². The third kappa shape index (κ3) is 6.84. The van der Waals surface area contributed by atoms with Crippen molar-refractivity contribution in [3.63, 3.8) is 0 Å². The predicted octanol–water partition coefficient (Wildman–Crippen LogP) is 5.21. The first-order valence-corrected chi connectivity index (χ1v) is 8.93. The van der Waals surface area contributed by atoms with Crippen LogP contribution in [0.5, 0.6) is 5.75 Å². The maximum absolute atomic E-state index is 11.7. The van der Waals surface area contributed by atoms with E-state index >= 15 is 0 Å². The Morgan fingerprint density at radius 2 is 1.89 bits per heavy atom. The zero-order valence-electron chi connectivity index (χ0n) is 14.1. The van der Waals surface area contributed by atoms with E-state index in [9.17, 15) is 18.0 Å². The minimum atomic E-state index is -4.65. The van der Waals surface area contributed by atoms with Crippen LogP contribution in [0.15, 0.2) is 53.9 Å². The largest absolute Gasteiger partial charge is 0.573 e. The van der Waals surface area contributed by atoms with E-state index in [1.807, 2.05) is 12.1 Å². The SMILES string of the molecule is NCc1cccc(OC(F)(F)F)c1.O=C(O)c1nc(-c2ccc(Cl)cc2)cs1. The van der Waals surface area contributed by atoms with Crippen LogP contribution in [0.2, 0.25) is 5.02 Å². The molecule has 0 saturated carbocycles. The topological polar surface area (TPSA) is 85.4 Å². The first-order chi connectivity index (χ1) is 13.2. The van der Waals surface area contributed by atoms with Crippen molar-refractivity contribution in [2.24, 2.45) is 5.73 Å². The van der Waals surface area contributed by atoms with Gasteiger partial charge in [-0.15, -0.1) is 24.5 Å². The van der Waals surface area contributed by atoms with Gasteiger partial charge >= 0.3 is 12.3 Å². The number of halogens is 4. The van der Waals surface area contributed by atoms with Gasteiger partial charge in [-0.25, -0.2) is 9.78 Å². The van der Waals surface area contributed by atoms with Crippen LogP contribution in [0.25, 0.3) is 11.3 Å². The summed E-state index contributed by atoms with van der Waals surface area (Å²) in [6.45, 7) is 0.190. The molecule has 0 amide bonds. The van der Waals surface area contributed by atoms with Crippen molar-refractivity contribution in [2.45, 2.75) is 12.9 Å². The minimum absolute atomic E-state index is 0.0972. The monoisotopic (exact) mass is 430 g/mol. The molecule has 0 saturated heterocycles. The maximum atomic E-state index is 11.7. The number of rotatable bonds is 4. The highest BCUT2D eigenvalue weighted by atomic mass is 35.5. The molecule has 0 unspecified atom stereocenters. The van der Waals surface area contributed by atoms with E-state index in [0.717, 1.165) is 16.9 Å². The molecule has 3 rings (SSSR count). The molecule has 148 valence electrons. The van der Waals surface area contributed by atoms with Crippen LogP contribution < -0.4 is 10.5 Å². The predicted molar refractivity (Wildman–Crippen MR) is 101 cm³/mol. The molecule has 3 aromatic rings. The lowest BCUT2D eigenvalue weighted by Gasteiger charge is -2.09. The summed E-state index contributed by atoms with van der Waals surface area (Å²) in [5.41, 5.74) is 7.37. The summed E-state index contributed by atoms with van der Waals surface area (Å²) in [5.74, 6) is -1.24. The fraction of sp³-hybridized carbons (Fsp3) is 0.111. The number of nitrogens with zero attached hydrogens (tertiary/aromatic N) is 1. The Labute approximate surface area is 167 Å². The van der Waals surface area contributed by atoms with Crippen LogP contribution in [-0.2, 0) is 6.54 Å². The first-order valence-electron chi connectivity index (χ1n) is 7.67. The summed E-state index contributed by atoms with van der Waals surface area (Å²) in [4.78, 5) is 14.6. The number of aromatic nitrogens is 1. The number of carboxylic acid groups (broad SMARTS) is 1. The van der Waals surface area contributed by atoms with Crippen LogP contribution in [0.3, 0.4) is 0 Å². The number of aromatic carboxylic acids is 1. The van der Waals surface area contributed by atoms with Crippen molar-refractivity contribution in [1.29, 1.82) is 0 Å². The highest BCUT2D eigenvalue weighted by Gasteiger charge is 2.30. The van der Waals surface area contributed by atoms with Crippen LogP contribution in [-0.4, -0.2) is 22.4 Å². The van der Waals surface area contributed by atoms with Gasteiger partial charge in [-0.05, 0) is 29.8 Å². The van der Waals surface area contributed by atoms with Crippen molar-refractivity contribution in [3.8, 4) is 17.0 Å². The van der Waals surface area contributed by atoms with Crippen LogP contribution in [0.4, 0.5) is 13.2 Å². The second-order valence-electron chi connectivity index (χ2n) is 5.25. The van der Waals surface area contributed by atoms with Gasteiger partial charge in [-0.2, -0.15) is 0 Å². The van der Waals surface area contributed by atoms with E-state index in [4.69, 9.17) is 22.4 Å². The van der Waals surface area contributed by atoms with E-state index in [-0.39, 0.29) is 17.3 Å². The molecule has 0 atom stereocenters. The van der Waals surface area contributed by atoms with Gasteiger partial charge in [0.25, 0.3) is 0 Å². The molecule has 10 heteroatoms. The van der Waals surface area contributed by atoms with Gasteiger partial charge in [0.2, 0.25) is 5.01 Å². The number of hydrogen-bond acceptors (Lipinski definition) is 5. The Balaban J connectivity index is 0.000000203. The molecule has 3 N–H and O–H groups in total. The highest BCUT2D eigenvalue weighted by Crippen LogP contribution is 2.24. The quantitative estimate of drug-likeness (QED) is 0.593. The molecule has 0 radical (unpaired) electrons. The number of alkyl halides is 3. The molecule has 28 heavy (non-hydrogen) atoms. The summed E-state index contributed by atoms with van der Waals surface area (Å²) in [5, 5.41) is 11.2. The lowest BCUT2D eigenvalue weighted by atomic mass is 10.2. The Morgan fingerprint density at radius 3 is 2.43 bits per heavy atom. The Bertz CT molecular complexity index is 930. The second-order valence-corrected chi connectivity index (χ2v) is 6.54. The highest BCUT2D eigenvalue weighted by molar-refractivity contribution is 7.11. The van der Waals surface area contributed by atoms with Crippen LogP contribution in [0, 0.1) is 0 Å². The molecule has 0 spiro atoms. The lowest BCUT2D eigenvalue weighted by molar-refractivity contribution is -0.274. The first kappa shape index (κ1) is 21.7. The number of ether oxygens (including phenoxy) is 1. The fourth-order valence-corrected chi connectivity index (χ4v) is 2.78. The van der Waals surface area contributed by atoms with Crippen LogP contribution in [0.1, 0.15) is 15.4 Å². The molecule has 0 bridgehead atoms. The number of nitrogens with two attached hydrogens (primary N) is 1. The Morgan fingerprint density at radius 1 is 1.21 bits per heavy atom. The third-order valence-corrected chi connectivity index (χ3v) is 4.28. The summed E-state index contributed by atoms with van der Waals surface area (Å²) in [7, 11) is 0. The molecular formula is C18H14ClF3N2O3S. The van der Waals surface area contributed by atoms with Gasteiger partial charge < -0.3 is 15.6 Å². The Hall–Kier alpha value is -2.62.